The van der Waals surface area contributed by atoms with Crippen molar-refractivity contribution in [1.29, 1.82) is 0 Å². The van der Waals surface area contributed by atoms with Gasteiger partial charge >= 0.3 is 0 Å². The number of nitrogens with zero attached hydrogens (tertiary/aromatic N) is 2. The van der Waals surface area contributed by atoms with Gasteiger partial charge in [0.2, 0.25) is 0 Å². The van der Waals surface area contributed by atoms with Crippen molar-refractivity contribution in [3.05, 3.63) is 21.9 Å². The summed E-state index contributed by atoms with van der Waals surface area (Å²) in [6.45, 7) is 0.533. The van der Waals surface area contributed by atoms with Crippen LogP contribution < -0.4 is 0 Å². The Bertz CT molecular complexity index is 584. The molecule has 0 fully saturated rings. The van der Waals surface area contributed by atoms with Crippen LogP contribution in [-0.2, 0) is 22.6 Å². The minimum absolute atomic E-state index is 0.0472. The Hall–Kier alpha value is -1.04. The van der Waals surface area contributed by atoms with E-state index in [2.05, 4.69) is 9.97 Å². The van der Waals surface area contributed by atoms with Crippen molar-refractivity contribution in [2.75, 3.05) is 0 Å². The number of hydrogen-bond donors (Lipinski definition) is 0. The molecule has 4 nitrogen and oxygen atoms in total. The van der Waals surface area contributed by atoms with E-state index in [0.29, 0.717) is 24.6 Å². The molecule has 6 heteroatoms. The van der Waals surface area contributed by atoms with Gasteiger partial charge in [-0.1, -0.05) is 11.6 Å². The first-order valence-corrected chi connectivity index (χ1v) is 6.45. The van der Waals surface area contributed by atoms with Crippen LogP contribution in [0.5, 0.6) is 0 Å². The highest BCUT2D eigenvalue weighted by Gasteiger charge is 2.25. The summed E-state index contributed by atoms with van der Waals surface area (Å²) in [5.74, 6) is 0. The van der Waals surface area contributed by atoms with Crippen LogP contribution in [0.2, 0.25) is 5.15 Å². The van der Waals surface area contributed by atoms with Crippen molar-refractivity contribution in [3.8, 4) is 0 Å². The Kier molecular flexibility index (Phi) is 2.82. The van der Waals surface area contributed by atoms with Gasteiger partial charge in [-0.15, -0.1) is 11.3 Å². The fourth-order valence-corrected chi connectivity index (χ4v) is 3.46. The van der Waals surface area contributed by atoms with Crippen molar-refractivity contribution < 1.29 is 9.53 Å². The predicted molar refractivity (Wildman–Crippen MR) is 65.4 cm³/mol. The third kappa shape index (κ3) is 1.84. The largest absolute Gasteiger partial charge is 0.372 e. The molecule has 1 atom stereocenters. The zero-order valence-electron chi connectivity index (χ0n) is 8.85. The molecule has 0 amide bonds. The number of rotatable bonds is 2. The number of hydrogen-bond acceptors (Lipinski definition) is 5. The molecular weight excluding hydrogens is 260 g/mol. The molecule has 2 aromatic heterocycles. The lowest BCUT2D eigenvalue weighted by molar-refractivity contribution is -0.110. The molecule has 0 saturated heterocycles. The maximum Gasteiger partial charge on any atom is 0.141 e. The number of fused-ring (bicyclic) bond motifs is 3. The van der Waals surface area contributed by atoms with Gasteiger partial charge in [0.1, 0.15) is 22.6 Å². The lowest BCUT2D eigenvalue weighted by Crippen LogP contribution is -2.21. The van der Waals surface area contributed by atoms with Gasteiger partial charge in [0.15, 0.2) is 0 Å². The van der Waals surface area contributed by atoms with E-state index in [1.807, 2.05) is 0 Å². The minimum atomic E-state index is -0.0472. The van der Waals surface area contributed by atoms with Crippen LogP contribution in [0.3, 0.4) is 0 Å². The molecule has 1 aliphatic heterocycles. The number of carbonyl (C=O) groups excluding carboxylic acids is 1. The van der Waals surface area contributed by atoms with Gasteiger partial charge in [-0.25, -0.2) is 9.97 Å². The van der Waals surface area contributed by atoms with Crippen molar-refractivity contribution in [1.82, 2.24) is 9.97 Å². The van der Waals surface area contributed by atoms with Gasteiger partial charge < -0.3 is 9.53 Å². The summed E-state index contributed by atoms with van der Waals surface area (Å²) in [6, 6.07) is 0. The van der Waals surface area contributed by atoms with Crippen LogP contribution in [0.4, 0.5) is 0 Å². The quantitative estimate of drug-likeness (QED) is 0.620. The molecule has 1 aliphatic rings. The van der Waals surface area contributed by atoms with Gasteiger partial charge in [-0.05, 0) is 5.56 Å². The predicted octanol–water partition coefficient (Wildman–Crippen LogP) is 2.38. The molecule has 17 heavy (non-hydrogen) atoms. The summed E-state index contributed by atoms with van der Waals surface area (Å²) in [6.07, 6.45) is 3.44. The first-order chi connectivity index (χ1) is 8.29. The maximum absolute atomic E-state index is 10.5. The maximum atomic E-state index is 10.5. The molecule has 0 spiro atoms. The second-order valence-corrected chi connectivity index (χ2v) is 5.33. The summed E-state index contributed by atoms with van der Waals surface area (Å²) in [7, 11) is 0. The normalized spacial score (nSPS) is 19.2. The Morgan fingerprint density at radius 3 is 3.29 bits per heavy atom. The van der Waals surface area contributed by atoms with Crippen LogP contribution in [0.1, 0.15) is 16.9 Å². The van der Waals surface area contributed by atoms with E-state index >= 15 is 0 Å². The summed E-state index contributed by atoms with van der Waals surface area (Å²) >= 11 is 7.69. The Morgan fingerprint density at radius 2 is 2.47 bits per heavy atom. The van der Waals surface area contributed by atoms with Crippen LogP contribution in [0, 0.1) is 0 Å². The molecule has 0 radical (unpaired) electrons. The SMILES string of the molecule is O=CCC1Cc2c(sc3ncnc(Cl)c23)CO1. The highest BCUT2D eigenvalue weighted by molar-refractivity contribution is 7.18. The zero-order valence-corrected chi connectivity index (χ0v) is 10.4. The van der Waals surface area contributed by atoms with Crippen molar-refractivity contribution in [2.45, 2.75) is 25.6 Å². The second-order valence-electron chi connectivity index (χ2n) is 3.89. The van der Waals surface area contributed by atoms with Gasteiger partial charge in [0.25, 0.3) is 0 Å². The molecule has 0 bridgehead atoms. The molecule has 3 heterocycles. The summed E-state index contributed by atoms with van der Waals surface area (Å²) in [5.41, 5.74) is 1.15. The van der Waals surface area contributed by atoms with Crippen LogP contribution in [0.15, 0.2) is 6.33 Å². The Balaban J connectivity index is 2.10. The topological polar surface area (TPSA) is 52.1 Å². The highest BCUT2D eigenvalue weighted by atomic mass is 35.5. The number of halogens is 1. The number of carbonyl (C=O) groups is 1. The highest BCUT2D eigenvalue weighted by Crippen LogP contribution is 2.37. The monoisotopic (exact) mass is 268 g/mol. The second kappa shape index (κ2) is 4.33. The van der Waals surface area contributed by atoms with E-state index < -0.39 is 0 Å². The van der Waals surface area contributed by atoms with Crippen molar-refractivity contribution >= 4 is 39.4 Å². The fourth-order valence-electron chi connectivity index (χ4n) is 2.07. The Morgan fingerprint density at radius 1 is 1.59 bits per heavy atom. The first-order valence-electron chi connectivity index (χ1n) is 5.25. The molecule has 88 valence electrons. The van der Waals surface area contributed by atoms with Crippen LogP contribution in [-0.4, -0.2) is 22.4 Å². The molecule has 1 unspecified atom stereocenters. The fraction of sp³-hybridized carbons (Fsp3) is 0.364. The summed E-state index contributed by atoms with van der Waals surface area (Å²) in [4.78, 5) is 20.8. The lowest BCUT2D eigenvalue weighted by atomic mass is 10.0. The van der Waals surface area contributed by atoms with E-state index in [-0.39, 0.29) is 6.10 Å². The first kappa shape index (κ1) is 11.1. The van der Waals surface area contributed by atoms with E-state index in [1.165, 1.54) is 6.33 Å². The van der Waals surface area contributed by atoms with Gasteiger partial charge in [-0.2, -0.15) is 0 Å². The van der Waals surface area contributed by atoms with Crippen LogP contribution >= 0.6 is 22.9 Å². The van der Waals surface area contributed by atoms with Gasteiger partial charge in [0.05, 0.1) is 18.1 Å². The number of thiophene rings is 1. The molecule has 0 aliphatic carbocycles. The van der Waals surface area contributed by atoms with E-state index in [4.69, 9.17) is 16.3 Å². The van der Waals surface area contributed by atoms with E-state index in [9.17, 15) is 4.79 Å². The van der Waals surface area contributed by atoms with Gasteiger partial charge in [0, 0.05) is 17.7 Å². The molecule has 0 aromatic carbocycles. The van der Waals surface area contributed by atoms with E-state index in [1.54, 1.807) is 11.3 Å². The number of ether oxygens (including phenoxy) is 1. The molecule has 2 aromatic rings. The van der Waals surface area contributed by atoms with Gasteiger partial charge in [-0.3, -0.25) is 0 Å². The van der Waals surface area contributed by atoms with E-state index in [0.717, 1.165) is 26.9 Å². The summed E-state index contributed by atoms with van der Waals surface area (Å²) in [5, 5.41) is 1.41. The van der Waals surface area contributed by atoms with Crippen molar-refractivity contribution in [2.24, 2.45) is 0 Å². The zero-order chi connectivity index (χ0) is 11.8. The summed E-state index contributed by atoms with van der Waals surface area (Å²) < 4.78 is 5.60. The molecule has 3 rings (SSSR count). The van der Waals surface area contributed by atoms with Crippen molar-refractivity contribution in [3.63, 3.8) is 0 Å². The minimum Gasteiger partial charge on any atom is -0.372 e. The molecular formula is C11H9ClN2O2S. The average Bonchev–Trinajstić information content (AvgIpc) is 2.68. The number of aldehydes is 1. The molecule has 0 N–H and O–H groups in total. The smallest absolute Gasteiger partial charge is 0.141 e. The third-order valence-electron chi connectivity index (χ3n) is 2.87. The molecule has 0 saturated carbocycles. The van der Waals surface area contributed by atoms with Crippen LogP contribution in [0.25, 0.3) is 10.2 Å². The average molecular weight is 269 g/mol. The standard InChI is InChI=1S/C11H9ClN2O2S/c12-10-9-7-3-6(1-2-15)16-4-8(7)17-11(9)14-5-13-10/h2,5-6H,1,3-4H2. The third-order valence-corrected chi connectivity index (χ3v) is 4.27. The number of aromatic nitrogens is 2. The lowest BCUT2D eigenvalue weighted by Gasteiger charge is -2.21. The Labute approximate surface area is 107 Å².